The summed E-state index contributed by atoms with van der Waals surface area (Å²) in [5, 5.41) is 9.18. The molecule has 0 aromatic heterocycles. The molecule has 1 N–H and O–H groups in total. The maximum absolute atomic E-state index is 11.8. The molecule has 3 aromatic rings. The van der Waals surface area contributed by atoms with E-state index in [4.69, 9.17) is 9.47 Å². The number of aryl methyl sites for hydroxylation is 3. The van der Waals surface area contributed by atoms with Gasteiger partial charge in [-0.25, -0.2) is 8.42 Å². The fourth-order valence-electron chi connectivity index (χ4n) is 6.10. The summed E-state index contributed by atoms with van der Waals surface area (Å²) in [4.78, 5) is 11.2. The molecule has 1 saturated heterocycles. The normalized spacial score (nSPS) is 21.8. The van der Waals surface area contributed by atoms with E-state index in [9.17, 15) is 18.3 Å². The third-order valence-corrected chi connectivity index (χ3v) is 10.1. The van der Waals surface area contributed by atoms with E-state index in [1.54, 1.807) is 0 Å². The summed E-state index contributed by atoms with van der Waals surface area (Å²) >= 11 is 0. The first-order valence-corrected chi connectivity index (χ1v) is 15.7. The Kier molecular flexibility index (Phi) is 6.88. The molecule has 2 unspecified atom stereocenters. The first-order valence-electron chi connectivity index (χ1n) is 13.8. The molecule has 2 atom stereocenters. The molecule has 7 heteroatoms. The van der Waals surface area contributed by atoms with Crippen LogP contribution in [-0.2, 0) is 34.1 Å². The fraction of sp³-hybridized carbons (Fsp3) is 0.406. The van der Waals surface area contributed by atoms with Crippen LogP contribution in [0.25, 0.3) is 11.1 Å². The smallest absolute Gasteiger partial charge is 0.307 e. The van der Waals surface area contributed by atoms with Crippen molar-refractivity contribution in [1.29, 1.82) is 0 Å². The quantitative estimate of drug-likeness (QED) is 0.398. The lowest BCUT2D eigenvalue weighted by Gasteiger charge is -2.24. The lowest BCUT2D eigenvalue weighted by Crippen LogP contribution is -2.30. The van der Waals surface area contributed by atoms with Crippen LogP contribution in [0.5, 0.6) is 11.5 Å². The average Bonchev–Trinajstić information content (AvgIpc) is 3.73. The molecule has 3 aromatic carbocycles. The van der Waals surface area contributed by atoms with Crippen LogP contribution in [-0.4, -0.2) is 37.1 Å². The highest BCUT2D eigenvalue weighted by atomic mass is 32.2. The molecular formula is C32H34O6S. The van der Waals surface area contributed by atoms with Crippen molar-refractivity contribution in [2.75, 3.05) is 11.5 Å². The van der Waals surface area contributed by atoms with Crippen LogP contribution in [0, 0.1) is 12.8 Å². The molecule has 2 fully saturated rings. The van der Waals surface area contributed by atoms with Crippen molar-refractivity contribution < 1.29 is 27.8 Å². The molecule has 1 heterocycles. The second kappa shape index (κ2) is 10.3. The van der Waals surface area contributed by atoms with Crippen LogP contribution >= 0.6 is 0 Å². The van der Waals surface area contributed by atoms with Gasteiger partial charge in [-0.2, -0.15) is 0 Å². The summed E-state index contributed by atoms with van der Waals surface area (Å²) in [5.74, 6) is 1.17. The molecule has 0 radical (unpaired) electrons. The third kappa shape index (κ3) is 5.69. The first kappa shape index (κ1) is 25.9. The Labute approximate surface area is 229 Å². The van der Waals surface area contributed by atoms with Gasteiger partial charge in [0.05, 0.1) is 17.4 Å². The molecule has 2 aliphatic carbocycles. The van der Waals surface area contributed by atoms with Crippen molar-refractivity contribution in [1.82, 2.24) is 0 Å². The molecule has 0 spiro atoms. The molecule has 6 rings (SSSR count). The van der Waals surface area contributed by atoms with E-state index in [2.05, 4.69) is 37.3 Å². The topological polar surface area (TPSA) is 89.9 Å². The summed E-state index contributed by atoms with van der Waals surface area (Å²) in [5.41, 5.74) is 8.46. The second-order valence-electron chi connectivity index (χ2n) is 11.2. The van der Waals surface area contributed by atoms with E-state index in [1.165, 1.54) is 27.8 Å². The Balaban J connectivity index is 1.17. The van der Waals surface area contributed by atoms with Gasteiger partial charge < -0.3 is 14.6 Å². The summed E-state index contributed by atoms with van der Waals surface area (Å²) in [7, 11) is -2.91. The number of hydrogen-bond donors (Lipinski definition) is 1. The van der Waals surface area contributed by atoms with E-state index < -0.39 is 15.8 Å². The summed E-state index contributed by atoms with van der Waals surface area (Å²) in [6, 6.07) is 18.7. The fourth-order valence-corrected chi connectivity index (χ4v) is 7.55. The van der Waals surface area contributed by atoms with Crippen molar-refractivity contribution >= 4 is 15.8 Å². The van der Waals surface area contributed by atoms with Gasteiger partial charge in [-0.1, -0.05) is 24.3 Å². The van der Waals surface area contributed by atoms with Crippen molar-refractivity contribution in [2.45, 2.75) is 64.1 Å². The zero-order chi connectivity index (χ0) is 27.1. The molecule has 3 aliphatic rings. The van der Waals surface area contributed by atoms with Crippen molar-refractivity contribution in [3.8, 4) is 22.6 Å². The molecule has 6 nitrogen and oxygen atoms in total. The molecular weight excluding hydrogens is 512 g/mol. The number of ether oxygens (including phenoxy) is 2. The van der Waals surface area contributed by atoms with E-state index in [1.807, 2.05) is 24.3 Å². The highest BCUT2D eigenvalue weighted by molar-refractivity contribution is 7.91. The number of carboxylic acids is 1. The van der Waals surface area contributed by atoms with Gasteiger partial charge in [-0.15, -0.1) is 0 Å². The van der Waals surface area contributed by atoms with Gasteiger partial charge in [-0.05, 0) is 121 Å². The van der Waals surface area contributed by atoms with Crippen LogP contribution in [0.4, 0.5) is 0 Å². The SMILES string of the molecule is Cc1cc(OC2CCS(=O)(=O)CC2)cc2c1-c1cc(COc3ccc(C4CC4C(=O)O)cc3)ccc1CCC2. The molecule has 1 aliphatic heterocycles. The van der Waals surface area contributed by atoms with Gasteiger partial charge >= 0.3 is 5.97 Å². The summed E-state index contributed by atoms with van der Waals surface area (Å²) in [6.07, 6.45) is 4.82. The van der Waals surface area contributed by atoms with Gasteiger partial charge in [0.15, 0.2) is 9.84 Å². The Morgan fingerprint density at radius 1 is 0.949 bits per heavy atom. The summed E-state index contributed by atoms with van der Waals surface area (Å²) < 4.78 is 36.0. The van der Waals surface area contributed by atoms with E-state index in [0.717, 1.165) is 41.9 Å². The minimum atomic E-state index is -2.91. The molecule has 1 saturated carbocycles. The second-order valence-corrected chi connectivity index (χ2v) is 13.5. The zero-order valence-corrected chi connectivity index (χ0v) is 23.0. The predicted molar refractivity (Wildman–Crippen MR) is 150 cm³/mol. The van der Waals surface area contributed by atoms with Gasteiger partial charge in [0, 0.05) is 0 Å². The Bertz CT molecular complexity index is 1490. The van der Waals surface area contributed by atoms with Crippen LogP contribution < -0.4 is 9.47 Å². The highest BCUT2D eigenvalue weighted by Gasteiger charge is 2.44. The monoisotopic (exact) mass is 546 g/mol. The Hall–Kier alpha value is -3.32. The first-order chi connectivity index (χ1) is 18.8. The maximum Gasteiger partial charge on any atom is 0.307 e. The van der Waals surface area contributed by atoms with Crippen molar-refractivity contribution in [3.63, 3.8) is 0 Å². The van der Waals surface area contributed by atoms with E-state index in [-0.39, 0.29) is 29.4 Å². The van der Waals surface area contributed by atoms with Crippen LogP contribution in [0.2, 0.25) is 0 Å². The number of benzene rings is 3. The predicted octanol–water partition coefficient (Wildman–Crippen LogP) is 5.87. The third-order valence-electron chi connectivity index (χ3n) is 8.35. The lowest BCUT2D eigenvalue weighted by atomic mass is 9.91. The number of hydrogen-bond acceptors (Lipinski definition) is 5. The number of carboxylic acid groups (broad SMARTS) is 1. The number of sulfone groups is 1. The molecule has 0 amide bonds. The van der Waals surface area contributed by atoms with Crippen molar-refractivity contribution in [2.24, 2.45) is 5.92 Å². The Morgan fingerprint density at radius 2 is 1.69 bits per heavy atom. The molecule has 0 bridgehead atoms. The minimum Gasteiger partial charge on any atom is -0.490 e. The van der Waals surface area contributed by atoms with Gasteiger partial charge in [0.1, 0.15) is 24.2 Å². The lowest BCUT2D eigenvalue weighted by molar-refractivity contribution is -0.138. The zero-order valence-electron chi connectivity index (χ0n) is 22.2. The number of carbonyl (C=O) groups is 1. The van der Waals surface area contributed by atoms with Gasteiger partial charge in [-0.3, -0.25) is 4.79 Å². The minimum absolute atomic E-state index is 0.0512. The van der Waals surface area contributed by atoms with Crippen LogP contribution in [0.3, 0.4) is 0 Å². The average molecular weight is 547 g/mol. The number of aliphatic carboxylic acids is 1. The summed E-state index contributed by atoms with van der Waals surface area (Å²) in [6.45, 7) is 2.58. The highest BCUT2D eigenvalue weighted by Crippen LogP contribution is 2.47. The standard InChI is InChI=1S/C32H34O6S/c1-20-15-27(38-26-11-13-39(35,36)14-12-26)17-24-4-2-3-22-6-5-21(16-29(22)31(20)24)19-37-25-9-7-23(8-10-25)28-18-30(28)32(33)34/h5-10,15-17,26,28,30H,2-4,11-14,18-19H2,1H3,(H,33,34). The molecule has 39 heavy (non-hydrogen) atoms. The molecule has 204 valence electrons. The number of rotatable bonds is 7. The van der Waals surface area contributed by atoms with Gasteiger partial charge in [0.25, 0.3) is 0 Å². The largest absolute Gasteiger partial charge is 0.490 e. The van der Waals surface area contributed by atoms with E-state index in [0.29, 0.717) is 25.9 Å². The van der Waals surface area contributed by atoms with Crippen LogP contribution in [0.1, 0.15) is 59.4 Å². The van der Waals surface area contributed by atoms with E-state index >= 15 is 0 Å². The Morgan fingerprint density at radius 3 is 2.41 bits per heavy atom. The van der Waals surface area contributed by atoms with Crippen LogP contribution in [0.15, 0.2) is 54.6 Å². The van der Waals surface area contributed by atoms with Gasteiger partial charge in [0.2, 0.25) is 0 Å². The van der Waals surface area contributed by atoms with Crippen molar-refractivity contribution in [3.05, 3.63) is 82.4 Å². The maximum atomic E-state index is 11.8. The number of fused-ring (bicyclic) bond motifs is 3.